The number of rotatable bonds is 6. The molecule has 0 saturated heterocycles. The number of amides is 2. The van der Waals surface area contributed by atoms with Gasteiger partial charge in [-0.3, -0.25) is 0 Å². The molecule has 0 radical (unpaired) electrons. The average Bonchev–Trinajstić information content (AvgIpc) is 2.24. The molecule has 100 valence electrons. The number of thioether (sulfide) groups is 1. The van der Waals surface area contributed by atoms with E-state index in [4.69, 9.17) is 5.11 Å². The van der Waals surface area contributed by atoms with Gasteiger partial charge in [0.1, 0.15) is 5.54 Å². The molecule has 1 unspecified atom stereocenters. The fourth-order valence-electron chi connectivity index (χ4n) is 1.07. The summed E-state index contributed by atoms with van der Waals surface area (Å²) in [5, 5.41) is 11.8. The molecule has 0 aromatic heterocycles. The minimum Gasteiger partial charge on any atom is -0.480 e. The van der Waals surface area contributed by atoms with Crippen LogP contribution in [0.2, 0.25) is 0 Å². The Morgan fingerprint density at radius 1 is 1.47 bits per heavy atom. The van der Waals surface area contributed by atoms with Crippen molar-refractivity contribution < 1.29 is 14.7 Å². The monoisotopic (exact) mass is 262 g/mol. The fourth-order valence-corrected chi connectivity index (χ4v) is 1.66. The molecule has 0 heterocycles. The van der Waals surface area contributed by atoms with Crippen molar-refractivity contribution >= 4 is 23.8 Å². The van der Waals surface area contributed by atoms with Crippen LogP contribution in [0.1, 0.15) is 27.2 Å². The quantitative estimate of drug-likeness (QED) is 0.763. The van der Waals surface area contributed by atoms with Gasteiger partial charge in [0.15, 0.2) is 0 Å². The van der Waals surface area contributed by atoms with Crippen LogP contribution in [0.25, 0.3) is 0 Å². The number of urea groups is 1. The van der Waals surface area contributed by atoms with Crippen molar-refractivity contribution in [2.45, 2.75) is 38.8 Å². The molecule has 0 aliphatic rings. The Labute approximate surface area is 107 Å². The van der Waals surface area contributed by atoms with E-state index in [1.165, 1.54) is 25.8 Å². The molecule has 0 aromatic rings. The second-order valence-electron chi connectivity index (χ2n) is 4.56. The highest BCUT2D eigenvalue weighted by Crippen LogP contribution is 2.12. The summed E-state index contributed by atoms with van der Waals surface area (Å²) in [6.07, 6.45) is 2.88. The Balaban J connectivity index is 4.36. The summed E-state index contributed by atoms with van der Waals surface area (Å²) < 4.78 is 0. The first-order valence-electron chi connectivity index (χ1n) is 5.50. The Kier molecular flexibility index (Phi) is 6.37. The summed E-state index contributed by atoms with van der Waals surface area (Å²) in [5.74, 6) is -0.0556. The van der Waals surface area contributed by atoms with Crippen molar-refractivity contribution in [1.82, 2.24) is 10.2 Å². The fraction of sp³-hybridized carbons (Fsp3) is 0.818. The van der Waals surface area contributed by atoms with Crippen LogP contribution in [0.15, 0.2) is 0 Å². The van der Waals surface area contributed by atoms with Gasteiger partial charge < -0.3 is 15.3 Å². The number of carboxylic acids is 1. The third kappa shape index (κ3) is 4.85. The number of aliphatic carboxylic acids is 1. The van der Waals surface area contributed by atoms with Gasteiger partial charge in [-0.15, -0.1) is 0 Å². The highest BCUT2D eigenvalue weighted by Gasteiger charge is 2.35. The van der Waals surface area contributed by atoms with Crippen LogP contribution in [-0.4, -0.2) is 52.6 Å². The Bertz CT molecular complexity index is 282. The van der Waals surface area contributed by atoms with E-state index in [9.17, 15) is 9.59 Å². The standard InChI is InChI=1S/C11H22N2O3S/c1-8(6-7-17-5)12-10(16)13(4)11(2,3)9(14)15/h8H,6-7H2,1-5H3,(H,12,16)(H,14,15). The van der Waals surface area contributed by atoms with Gasteiger partial charge in [0.05, 0.1) is 0 Å². The number of hydrogen-bond donors (Lipinski definition) is 2. The minimum absolute atomic E-state index is 0.0435. The lowest BCUT2D eigenvalue weighted by atomic mass is 10.0. The maximum atomic E-state index is 11.8. The van der Waals surface area contributed by atoms with Crippen LogP contribution < -0.4 is 5.32 Å². The van der Waals surface area contributed by atoms with E-state index in [2.05, 4.69) is 5.32 Å². The SMILES string of the molecule is CSCCC(C)NC(=O)N(C)C(C)(C)C(=O)O. The Morgan fingerprint density at radius 3 is 2.41 bits per heavy atom. The zero-order valence-electron chi connectivity index (χ0n) is 11.1. The number of nitrogens with one attached hydrogen (secondary N) is 1. The molecule has 2 N–H and O–H groups in total. The molecule has 0 saturated carbocycles. The summed E-state index contributed by atoms with van der Waals surface area (Å²) in [5.41, 5.74) is -1.21. The van der Waals surface area contributed by atoms with Gasteiger partial charge in [0.25, 0.3) is 0 Å². The molecule has 2 amide bonds. The van der Waals surface area contributed by atoms with E-state index in [0.29, 0.717) is 0 Å². The van der Waals surface area contributed by atoms with Crippen molar-refractivity contribution in [3.8, 4) is 0 Å². The third-order valence-electron chi connectivity index (χ3n) is 2.79. The number of hydrogen-bond acceptors (Lipinski definition) is 3. The first-order valence-corrected chi connectivity index (χ1v) is 6.89. The lowest BCUT2D eigenvalue weighted by Gasteiger charge is -2.32. The highest BCUT2D eigenvalue weighted by atomic mass is 32.2. The van der Waals surface area contributed by atoms with Gasteiger partial charge in [-0.25, -0.2) is 9.59 Å². The molecule has 17 heavy (non-hydrogen) atoms. The number of carboxylic acid groups (broad SMARTS) is 1. The van der Waals surface area contributed by atoms with Gasteiger partial charge in [0, 0.05) is 13.1 Å². The van der Waals surface area contributed by atoms with Gasteiger partial charge in [0.2, 0.25) is 0 Å². The maximum absolute atomic E-state index is 11.8. The van der Waals surface area contributed by atoms with Crippen LogP contribution in [0.3, 0.4) is 0 Å². The molecule has 6 heteroatoms. The molecular formula is C11H22N2O3S. The first kappa shape index (κ1) is 16.1. The molecular weight excluding hydrogens is 240 g/mol. The van der Waals surface area contributed by atoms with Crippen LogP contribution in [-0.2, 0) is 4.79 Å². The van der Waals surface area contributed by atoms with Crippen LogP contribution in [0.5, 0.6) is 0 Å². The van der Waals surface area contributed by atoms with E-state index in [1.54, 1.807) is 11.8 Å². The number of likely N-dealkylation sites (N-methyl/N-ethyl adjacent to an activating group) is 1. The molecule has 0 rings (SSSR count). The zero-order valence-corrected chi connectivity index (χ0v) is 11.9. The molecule has 0 spiro atoms. The predicted octanol–water partition coefficient (Wildman–Crippen LogP) is 1.63. The van der Waals surface area contributed by atoms with Crippen LogP contribution in [0, 0.1) is 0 Å². The van der Waals surface area contributed by atoms with E-state index < -0.39 is 11.5 Å². The van der Waals surface area contributed by atoms with Gasteiger partial charge >= 0.3 is 12.0 Å². The molecule has 1 atom stereocenters. The number of nitrogens with zero attached hydrogens (tertiary/aromatic N) is 1. The van der Waals surface area contributed by atoms with Crippen molar-refractivity contribution in [2.24, 2.45) is 0 Å². The number of carbonyl (C=O) groups is 2. The zero-order chi connectivity index (χ0) is 13.6. The summed E-state index contributed by atoms with van der Waals surface area (Å²) in [7, 11) is 1.49. The van der Waals surface area contributed by atoms with Crippen molar-refractivity contribution in [3.05, 3.63) is 0 Å². The van der Waals surface area contributed by atoms with Crippen LogP contribution in [0.4, 0.5) is 4.79 Å². The van der Waals surface area contributed by atoms with Crippen molar-refractivity contribution in [2.75, 3.05) is 19.1 Å². The van der Waals surface area contributed by atoms with E-state index >= 15 is 0 Å². The summed E-state index contributed by atoms with van der Waals surface area (Å²) in [4.78, 5) is 24.0. The predicted molar refractivity (Wildman–Crippen MR) is 70.5 cm³/mol. The summed E-state index contributed by atoms with van der Waals surface area (Å²) in [6, 6.07) is -0.312. The lowest BCUT2D eigenvalue weighted by molar-refractivity contribution is -0.146. The van der Waals surface area contributed by atoms with Gasteiger partial charge in [-0.1, -0.05) is 0 Å². The molecule has 0 aliphatic heterocycles. The van der Waals surface area contributed by atoms with E-state index in [0.717, 1.165) is 12.2 Å². The molecule has 5 nitrogen and oxygen atoms in total. The average molecular weight is 262 g/mol. The topological polar surface area (TPSA) is 69.6 Å². The maximum Gasteiger partial charge on any atom is 0.329 e. The van der Waals surface area contributed by atoms with Crippen LogP contribution >= 0.6 is 11.8 Å². The normalized spacial score (nSPS) is 13.0. The van der Waals surface area contributed by atoms with Gasteiger partial charge in [-0.2, -0.15) is 11.8 Å². The first-order chi connectivity index (χ1) is 7.73. The summed E-state index contributed by atoms with van der Waals surface area (Å²) in [6.45, 7) is 4.92. The molecule has 0 fully saturated rings. The summed E-state index contributed by atoms with van der Waals surface area (Å²) >= 11 is 1.72. The van der Waals surface area contributed by atoms with Gasteiger partial charge in [-0.05, 0) is 39.2 Å². The lowest BCUT2D eigenvalue weighted by Crippen LogP contribution is -2.55. The highest BCUT2D eigenvalue weighted by molar-refractivity contribution is 7.98. The largest absolute Gasteiger partial charge is 0.480 e. The molecule has 0 aliphatic carbocycles. The van der Waals surface area contributed by atoms with Crippen molar-refractivity contribution in [1.29, 1.82) is 0 Å². The third-order valence-corrected chi connectivity index (χ3v) is 3.44. The number of carbonyl (C=O) groups excluding carboxylic acids is 1. The second kappa shape index (κ2) is 6.74. The molecule has 0 aromatic carbocycles. The molecule has 0 bridgehead atoms. The van der Waals surface area contributed by atoms with E-state index in [-0.39, 0.29) is 12.1 Å². The van der Waals surface area contributed by atoms with E-state index in [1.807, 2.05) is 13.2 Å². The Hall–Kier alpha value is -0.910. The minimum atomic E-state index is -1.21. The Morgan fingerprint density at radius 2 is 2.00 bits per heavy atom. The van der Waals surface area contributed by atoms with Crippen molar-refractivity contribution in [3.63, 3.8) is 0 Å². The second-order valence-corrected chi connectivity index (χ2v) is 5.54. The smallest absolute Gasteiger partial charge is 0.329 e.